The number of hydrogen-bond donors (Lipinski definition) is 0. The minimum atomic E-state index is -2.72. The van der Waals surface area contributed by atoms with Crippen molar-refractivity contribution in [1.29, 1.82) is 0 Å². The van der Waals surface area contributed by atoms with Crippen molar-refractivity contribution in [2.24, 2.45) is 0 Å². The van der Waals surface area contributed by atoms with Crippen molar-refractivity contribution >= 4 is 46.4 Å². The molecule has 6 heteroatoms. The van der Waals surface area contributed by atoms with E-state index >= 15 is 0 Å². The molecule has 0 atom stereocenters. The summed E-state index contributed by atoms with van der Waals surface area (Å²) in [6.45, 7) is 0. The molecule has 0 aromatic rings. The molecule has 0 amide bonds. The summed E-state index contributed by atoms with van der Waals surface area (Å²) >= 11 is -0.0619. The Labute approximate surface area is 116 Å². The maximum absolute atomic E-state index is 11.0. The van der Waals surface area contributed by atoms with Gasteiger partial charge in [0.15, 0.2) is 0 Å². The van der Waals surface area contributed by atoms with Crippen molar-refractivity contribution in [3.05, 3.63) is 9.66 Å². The van der Waals surface area contributed by atoms with Gasteiger partial charge in [0.05, 0.1) is 0 Å². The van der Waals surface area contributed by atoms with Crippen molar-refractivity contribution in [2.75, 3.05) is 25.8 Å². The molecule has 0 aliphatic carbocycles. The fourth-order valence-electron chi connectivity index (χ4n) is 1.03. The van der Waals surface area contributed by atoms with Crippen molar-refractivity contribution in [2.45, 2.75) is 6.42 Å². The number of sulfone groups is 1. The van der Waals surface area contributed by atoms with Crippen LogP contribution in [0, 0.1) is 0 Å². The predicted molar refractivity (Wildman–Crippen MR) is 82.2 cm³/mol. The average molecular weight is 569 g/mol. The molecule has 0 fully saturated rings. The van der Waals surface area contributed by atoms with Gasteiger partial charge >= 0.3 is 118 Å². The standard InChI is InChI=1S/C9H16I3O2S/c1-10-9-4-6-12(11-8-9)5-3-7-15(2,13)14/h4,8H,3,5-7H2,1-2H3/q-1. The van der Waals surface area contributed by atoms with Crippen LogP contribution in [0.4, 0.5) is 0 Å². The first-order valence-corrected chi connectivity index (χ1v) is 20.4. The van der Waals surface area contributed by atoms with Crippen LogP contribution in [0.25, 0.3) is 0 Å². The van der Waals surface area contributed by atoms with Crippen LogP contribution in [0.2, 0.25) is 0 Å². The average Bonchev–Trinajstić information content (AvgIpc) is 2.17. The Morgan fingerprint density at radius 1 is 1.60 bits per heavy atom. The SMILES string of the molecule is C[I-]C1=CCI(CCCS(C)(=O)=O)I=C1. The number of halogens is 3. The molecule has 0 saturated carbocycles. The maximum atomic E-state index is 11.0. The van der Waals surface area contributed by atoms with Crippen LogP contribution in [0.1, 0.15) is 6.42 Å². The van der Waals surface area contributed by atoms with Crippen LogP contribution < -0.4 is 21.2 Å². The summed E-state index contributed by atoms with van der Waals surface area (Å²) in [5, 5.41) is 0. The molecule has 0 saturated heterocycles. The molecule has 0 aromatic heterocycles. The molecular weight excluding hydrogens is 553 g/mol. The Morgan fingerprint density at radius 2 is 2.33 bits per heavy atom. The second kappa shape index (κ2) is 7.24. The summed E-state index contributed by atoms with van der Waals surface area (Å²) in [6, 6.07) is 0. The number of alkyl halides is 3. The third-order valence-corrected chi connectivity index (χ3v) is 21.9. The summed E-state index contributed by atoms with van der Waals surface area (Å²) in [7, 11) is -2.72. The van der Waals surface area contributed by atoms with Gasteiger partial charge in [-0.3, -0.25) is 0 Å². The van der Waals surface area contributed by atoms with Gasteiger partial charge in [0.1, 0.15) is 0 Å². The molecule has 0 radical (unpaired) electrons. The molecule has 0 unspecified atom stereocenters. The molecule has 2 nitrogen and oxygen atoms in total. The van der Waals surface area contributed by atoms with Gasteiger partial charge in [0, 0.05) is 0 Å². The van der Waals surface area contributed by atoms with Gasteiger partial charge in [-0.1, -0.05) is 0 Å². The van der Waals surface area contributed by atoms with Gasteiger partial charge in [-0.05, 0) is 0 Å². The van der Waals surface area contributed by atoms with Crippen molar-refractivity contribution in [3.8, 4) is 0 Å². The van der Waals surface area contributed by atoms with Crippen LogP contribution in [-0.2, 0) is 9.84 Å². The Bertz CT molecular complexity index is 360. The number of hydrogen-bond acceptors (Lipinski definition) is 2. The summed E-state index contributed by atoms with van der Waals surface area (Å²) in [4.78, 5) is 2.32. The van der Waals surface area contributed by atoms with Gasteiger partial charge < -0.3 is 0 Å². The number of rotatable bonds is 5. The van der Waals surface area contributed by atoms with E-state index in [-0.39, 0.29) is 0 Å². The molecule has 1 rings (SSSR count). The quantitative estimate of drug-likeness (QED) is 0.323. The normalized spacial score (nSPS) is 19.9. The molecule has 1 aliphatic rings. The van der Waals surface area contributed by atoms with Crippen LogP contribution in [-0.4, -0.2) is 38.2 Å². The molecule has 0 aromatic carbocycles. The van der Waals surface area contributed by atoms with E-state index in [1.807, 2.05) is 0 Å². The molecule has 1 heterocycles. The Kier molecular flexibility index (Phi) is 7.15. The van der Waals surface area contributed by atoms with E-state index in [1.54, 1.807) is 3.58 Å². The van der Waals surface area contributed by atoms with Crippen LogP contribution in [0.3, 0.4) is 0 Å². The second-order valence-corrected chi connectivity index (χ2v) is 24.0. The van der Waals surface area contributed by atoms with Gasteiger partial charge in [-0.15, -0.1) is 0 Å². The molecule has 0 spiro atoms. The first kappa shape index (κ1) is 14.8. The zero-order valence-corrected chi connectivity index (χ0v) is 16.1. The monoisotopic (exact) mass is 569 g/mol. The molecule has 92 valence electrons. The molecule has 15 heavy (non-hydrogen) atoms. The third-order valence-electron chi connectivity index (χ3n) is 1.77. The topological polar surface area (TPSA) is 34.1 Å². The zero-order valence-electron chi connectivity index (χ0n) is 8.84. The van der Waals surface area contributed by atoms with E-state index in [1.165, 1.54) is 15.1 Å². The van der Waals surface area contributed by atoms with Crippen LogP contribution in [0.15, 0.2) is 9.66 Å². The van der Waals surface area contributed by atoms with Crippen molar-refractivity contribution < 1.29 is 29.6 Å². The summed E-state index contributed by atoms with van der Waals surface area (Å²) < 4.78 is 28.8. The van der Waals surface area contributed by atoms with Crippen LogP contribution in [0.5, 0.6) is 0 Å². The fraction of sp³-hybridized carbons (Fsp3) is 0.667. The van der Waals surface area contributed by atoms with E-state index in [4.69, 9.17) is 0 Å². The third kappa shape index (κ3) is 6.92. The Balaban J connectivity index is 2.27. The van der Waals surface area contributed by atoms with E-state index in [2.05, 4.69) is 15.0 Å². The van der Waals surface area contributed by atoms with Gasteiger partial charge in [-0.25, -0.2) is 0 Å². The molecular formula is C9H16I3O2S-. The van der Waals surface area contributed by atoms with Gasteiger partial charge in [0.2, 0.25) is 0 Å². The number of allylic oxidation sites excluding steroid dienone is 2. The van der Waals surface area contributed by atoms with E-state index in [9.17, 15) is 8.42 Å². The predicted octanol–water partition coefficient (Wildman–Crippen LogP) is -0.768. The summed E-state index contributed by atoms with van der Waals surface area (Å²) in [6.07, 6.45) is 4.71. The van der Waals surface area contributed by atoms with Crippen molar-refractivity contribution in [3.63, 3.8) is 0 Å². The van der Waals surface area contributed by atoms with E-state index in [0.717, 1.165) is 6.42 Å². The molecule has 0 bridgehead atoms. The first-order chi connectivity index (χ1) is 7.01. The van der Waals surface area contributed by atoms with Gasteiger partial charge in [0.25, 0.3) is 0 Å². The van der Waals surface area contributed by atoms with E-state index in [0.29, 0.717) is 43.7 Å². The van der Waals surface area contributed by atoms with Crippen molar-refractivity contribution in [1.82, 2.24) is 0 Å². The Morgan fingerprint density at radius 3 is 2.80 bits per heavy atom. The summed E-state index contributed by atoms with van der Waals surface area (Å²) in [5.74, 6) is 0.405. The minimum absolute atomic E-state index is 0.297. The second-order valence-electron chi connectivity index (χ2n) is 3.19. The zero-order chi connectivity index (χ0) is 11.3. The fourth-order valence-corrected chi connectivity index (χ4v) is 23.0. The molecule has 1 aliphatic heterocycles. The van der Waals surface area contributed by atoms with E-state index < -0.39 is 25.7 Å². The summed E-state index contributed by atoms with van der Waals surface area (Å²) in [5.41, 5.74) is 0. The first-order valence-electron chi connectivity index (χ1n) is 4.48. The van der Waals surface area contributed by atoms with Gasteiger partial charge in [-0.2, -0.15) is 0 Å². The molecule has 0 N–H and O–H groups in total. The Hall–Kier alpha value is 1.75. The van der Waals surface area contributed by atoms with Crippen LogP contribution >= 0.6 is 32.6 Å².